The van der Waals surface area contributed by atoms with E-state index in [1.807, 2.05) is 24.3 Å². The Labute approximate surface area is 166 Å². The molecular weight excluding hydrogens is 382 g/mol. The zero-order valence-electron chi connectivity index (χ0n) is 16.0. The second-order valence-electron chi connectivity index (χ2n) is 6.84. The van der Waals surface area contributed by atoms with Gasteiger partial charge in [-0.2, -0.15) is 4.99 Å². The van der Waals surface area contributed by atoms with Gasteiger partial charge in [0.05, 0.1) is 23.2 Å². The van der Waals surface area contributed by atoms with Crippen molar-refractivity contribution in [3.63, 3.8) is 0 Å². The van der Waals surface area contributed by atoms with E-state index in [0.717, 1.165) is 23.0 Å². The van der Waals surface area contributed by atoms with Crippen LogP contribution in [0, 0.1) is 11.6 Å². The first-order valence-corrected chi connectivity index (χ1v) is 9.84. The van der Waals surface area contributed by atoms with Crippen LogP contribution in [-0.4, -0.2) is 24.2 Å². The lowest BCUT2D eigenvalue weighted by atomic mass is 10.0. The molecule has 0 radical (unpaired) electrons. The van der Waals surface area contributed by atoms with E-state index in [2.05, 4.69) is 18.8 Å². The van der Waals surface area contributed by atoms with Gasteiger partial charge < -0.3 is 9.30 Å². The smallest absolute Gasteiger partial charge is 0.252 e. The zero-order valence-corrected chi connectivity index (χ0v) is 16.9. The SMILES string of the molecule is COCCn1c(=NC(=O)Cc2ccc(C(C)C)cc2)sc2cc(F)cc(F)c21. The van der Waals surface area contributed by atoms with Gasteiger partial charge in [0.25, 0.3) is 5.91 Å². The summed E-state index contributed by atoms with van der Waals surface area (Å²) < 4.78 is 34.9. The molecule has 0 atom stereocenters. The molecule has 0 spiro atoms. The fourth-order valence-electron chi connectivity index (χ4n) is 2.95. The van der Waals surface area contributed by atoms with E-state index >= 15 is 0 Å². The monoisotopic (exact) mass is 404 g/mol. The number of carbonyl (C=O) groups is 1. The van der Waals surface area contributed by atoms with E-state index in [9.17, 15) is 13.6 Å². The Morgan fingerprint density at radius 3 is 2.57 bits per heavy atom. The Balaban J connectivity index is 1.95. The molecule has 2 aromatic carbocycles. The second kappa shape index (κ2) is 8.75. The molecule has 1 amide bonds. The average molecular weight is 404 g/mol. The first kappa shape index (κ1) is 20.4. The number of rotatable bonds is 6. The summed E-state index contributed by atoms with van der Waals surface area (Å²) in [4.78, 5) is 17.0. The van der Waals surface area contributed by atoms with Crippen LogP contribution in [0.3, 0.4) is 0 Å². The minimum absolute atomic E-state index is 0.147. The van der Waals surface area contributed by atoms with Gasteiger partial charge in [0, 0.05) is 19.7 Å². The van der Waals surface area contributed by atoms with Gasteiger partial charge in [0.2, 0.25) is 0 Å². The maximum atomic E-state index is 14.3. The highest BCUT2D eigenvalue weighted by molar-refractivity contribution is 7.16. The lowest BCUT2D eigenvalue weighted by molar-refractivity contribution is -0.117. The highest BCUT2D eigenvalue weighted by Crippen LogP contribution is 2.22. The van der Waals surface area contributed by atoms with Gasteiger partial charge in [-0.1, -0.05) is 49.4 Å². The summed E-state index contributed by atoms with van der Waals surface area (Å²) in [6, 6.07) is 9.93. The largest absolute Gasteiger partial charge is 0.383 e. The van der Waals surface area contributed by atoms with Crippen molar-refractivity contribution in [3.8, 4) is 0 Å². The first-order chi connectivity index (χ1) is 13.4. The number of halogens is 2. The van der Waals surface area contributed by atoms with Gasteiger partial charge in [-0.3, -0.25) is 4.79 Å². The summed E-state index contributed by atoms with van der Waals surface area (Å²) in [7, 11) is 1.54. The van der Waals surface area contributed by atoms with Crippen molar-refractivity contribution in [2.75, 3.05) is 13.7 Å². The van der Waals surface area contributed by atoms with Gasteiger partial charge in [-0.05, 0) is 23.1 Å². The third-order valence-corrected chi connectivity index (χ3v) is 5.46. The molecule has 0 aliphatic rings. The number of fused-ring (bicyclic) bond motifs is 1. The number of nitrogens with zero attached hydrogens (tertiary/aromatic N) is 2. The van der Waals surface area contributed by atoms with Crippen LogP contribution in [0.4, 0.5) is 8.78 Å². The molecule has 0 saturated carbocycles. The molecule has 7 heteroatoms. The molecule has 4 nitrogen and oxygen atoms in total. The predicted octanol–water partition coefficient (Wildman–Crippen LogP) is 4.42. The van der Waals surface area contributed by atoms with Crippen molar-refractivity contribution in [1.82, 2.24) is 4.57 Å². The number of hydrogen-bond donors (Lipinski definition) is 0. The molecule has 0 fully saturated rings. The molecule has 0 saturated heterocycles. The number of aromatic nitrogens is 1. The molecule has 1 heterocycles. The summed E-state index contributed by atoms with van der Waals surface area (Å²) in [6.45, 7) is 4.85. The highest BCUT2D eigenvalue weighted by Gasteiger charge is 2.14. The number of carbonyl (C=O) groups excluding carboxylic acids is 1. The molecule has 3 aromatic rings. The van der Waals surface area contributed by atoms with Crippen molar-refractivity contribution < 1.29 is 18.3 Å². The molecule has 0 unspecified atom stereocenters. The van der Waals surface area contributed by atoms with Crippen LogP contribution in [0.2, 0.25) is 0 Å². The van der Waals surface area contributed by atoms with Crippen LogP contribution in [-0.2, 0) is 22.5 Å². The van der Waals surface area contributed by atoms with Crippen LogP contribution in [0.5, 0.6) is 0 Å². The minimum atomic E-state index is -0.680. The van der Waals surface area contributed by atoms with Crippen LogP contribution in [0.15, 0.2) is 41.4 Å². The molecule has 1 aromatic heterocycles. The van der Waals surface area contributed by atoms with Crippen molar-refractivity contribution in [1.29, 1.82) is 0 Å². The fourth-order valence-corrected chi connectivity index (χ4v) is 4.06. The summed E-state index contributed by atoms with van der Waals surface area (Å²) in [5.74, 6) is -1.26. The molecule has 0 bridgehead atoms. The second-order valence-corrected chi connectivity index (χ2v) is 7.85. The van der Waals surface area contributed by atoms with Gasteiger partial charge in [-0.25, -0.2) is 8.78 Å². The van der Waals surface area contributed by atoms with Crippen LogP contribution in [0.1, 0.15) is 30.9 Å². The maximum absolute atomic E-state index is 14.3. The third-order valence-electron chi connectivity index (χ3n) is 4.44. The van der Waals surface area contributed by atoms with E-state index in [4.69, 9.17) is 4.74 Å². The third kappa shape index (κ3) is 4.54. The molecule has 0 aliphatic carbocycles. The van der Waals surface area contributed by atoms with Crippen molar-refractivity contribution in [2.24, 2.45) is 4.99 Å². The zero-order chi connectivity index (χ0) is 20.3. The van der Waals surface area contributed by atoms with Crippen molar-refractivity contribution in [2.45, 2.75) is 32.7 Å². The Morgan fingerprint density at radius 2 is 1.93 bits per heavy atom. The highest BCUT2D eigenvalue weighted by atomic mass is 32.1. The van der Waals surface area contributed by atoms with Crippen molar-refractivity contribution in [3.05, 3.63) is 64.0 Å². The normalized spacial score (nSPS) is 12.3. The standard InChI is InChI=1S/C21H22F2N2O2S/c1-13(2)15-6-4-14(5-7-15)10-19(26)24-21-25(8-9-27-3)20-17(23)11-16(22)12-18(20)28-21/h4-7,11-13H,8-10H2,1-3H3. The molecule has 3 rings (SSSR count). The quantitative estimate of drug-likeness (QED) is 0.610. The van der Waals surface area contributed by atoms with Gasteiger partial charge >= 0.3 is 0 Å². The van der Waals surface area contributed by atoms with Gasteiger partial charge in [0.1, 0.15) is 5.82 Å². The molecule has 0 N–H and O–H groups in total. The number of methoxy groups -OCH3 is 1. The van der Waals surface area contributed by atoms with E-state index in [1.54, 1.807) is 4.57 Å². The Kier molecular flexibility index (Phi) is 6.36. The summed E-state index contributed by atoms with van der Waals surface area (Å²) >= 11 is 1.09. The van der Waals surface area contributed by atoms with E-state index in [1.165, 1.54) is 18.7 Å². The maximum Gasteiger partial charge on any atom is 0.252 e. The number of amides is 1. The first-order valence-electron chi connectivity index (χ1n) is 9.02. The van der Waals surface area contributed by atoms with E-state index < -0.39 is 11.6 Å². The van der Waals surface area contributed by atoms with Crippen LogP contribution < -0.4 is 4.80 Å². The molecular formula is C21H22F2N2O2S. The van der Waals surface area contributed by atoms with Crippen LogP contribution in [0.25, 0.3) is 10.2 Å². The summed E-state index contributed by atoms with van der Waals surface area (Å²) in [5, 5.41) is 0. The Bertz CT molecular complexity index is 1050. The number of ether oxygens (including phenoxy) is 1. The summed E-state index contributed by atoms with van der Waals surface area (Å²) in [5.41, 5.74) is 2.30. The fraction of sp³-hybridized carbons (Fsp3) is 0.333. The average Bonchev–Trinajstić information content (AvgIpc) is 2.97. The minimum Gasteiger partial charge on any atom is -0.383 e. The molecule has 28 heavy (non-hydrogen) atoms. The summed E-state index contributed by atoms with van der Waals surface area (Å²) in [6.07, 6.45) is 0.147. The Hall–Kier alpha value is -2.38. The van der Waals surface area contributed by atoms with Gasteiger partial charge in [0.15, 0.2) is 10.6 Å². The number of thiazole rings is 1. The van der Waals surface area contributed by atoms with Crippen LogP contribution >= 0.6 is 11.3 Å². The molecule has 148 valence electrons. The van der Waals surface area contributed by atoms with E-state index in [0.29, 0.717) is 28.6 Å². The number of hydrogen-bond acceptors (Lipinski definition) is 3. The van der Waals surface area contributed by atoms with Crippen molar-refractivity contribution >= 4 is 27.5 Å². The lowest BCUT2D eigenvalue weighted by Crippen LogP contribution is -2.20. The topological polar surface area (TPSA) is 43.6 Å². The number of benzene rings is 2. The molecule has 0 aliphatic heterocycles. The van der Waals surface area contributed by atoms with Gasteiger partial charge in [-0.15, -0.1) is 0 Å². The lowest BCUT2D eigenvalue weighted by Gasteiger charge is -2.06. The van der Waals surface area contributed by atoms with E-state index in [-0.39, 0.29) is 17.8 Å². The predicted molar refractivity (Wildman–Crippen MR) is 106 cm³/mol. The Morgan fingerprint density at radius 1 is 1.21 bits per heavy atom.